The highest BCUT2D eigenvalue weighted by atomic mass is 16.5. The highest BCUT2D eigenvalue weighted by Gasteiger charge is 2.19. The summed E-state index contributed by atoms with van der Waals surface area (Å²) in [7, 11) is 0. The fourth-order valence-corrected chi connectivity index (χ4v) is 1.57. The zero-order valence-electron chi connectivity index (χ0n) is 10.5. The first-order valence-electron chi connectivity index (χ1n) is 5.73. The molecule has 1 heterocycles. The molecule has 98 valence electrons. The van der Waals surface area contributed by atoms with E-state index in [2.05, 4.69) is 11.7 Å². The summed E-state index contributed by atoms with van der Waals surface area (Å²) in [4.78, 5) is 11.2. The first kappa shape index (κ1) is 12.9. The first-order chi connectivity index (χ1) is 9.09. The lowest BCUT2D eigenvalue weighted by molar-refractivity contribution is 0.0692. The molecule has 0 radical (unpaired) electrons. The van der Waals surface area contributed by atoms with Crippen molar-refractivity contribution >= 4 is 5.97 Å². The fourth-order valence-electron chi connectivity index (χ4n) is 1.57. The number of carboxylic acids is 1. The number of rotatable bonds is 5. The molecule has 1 aromatic carbocycles. The average Bonchev–Trinajstić information content (AvgIpc) is 2.81. The van der Waals surface area contributed by atoms with Gasteiger partial charge in [0.1, 0.15) is 12.2 Å². The van der Waals surface area contributed by atoms with Gasteiger partial charge in [-0.15, -0.1) is 0 Å². The molecule has 1 N–H and O–H groups in total. The quantitative estimate of drug-likeness (QED) is 0.837. The van der Waals surface area contributed by atoms with E-state index in [-0.39, 0.29) is 18.1 Å². The molecule has 1 aromatic heterocycles. The van der Waals surface area contributed by atoms with Crippen LogP contribution >= 0.6 is 0 Å². The van der Waals surface area contributed by atoms with Gasteiger partial charge in [0.05, 0.1) is 11.9 Å². The van der Waals surface area contributed by atoms with Crippen LogP contribution in [0.4, 0.5) is 0 Å². The van der Waals surface area contributed by atoms with Gasteiger partial charge in [0, 0.05) is 0 Å². The lowest BCUT2D eigenvalue weighted by Gasteiger charge is -2.10. The Morgan fingerprint density at radius 2 is 2.11 bits per heavy atom. The molecule has 2 aromatic rings. The minimum atomic E-state index is -1.07. The third-order valence-corrected chi connectivity index (χ3v) is 2.41. The molecule has 0 spiro atoms. The molecule has 0 aliphatic rings. The van der Waals surface area contributed by atoms with Crippen molar-refractivity contribution in [1.29, 1.82) is 0 Å². The van der Waals surface area contributed by atoms with Crippen molar-refractivity contribution in [3.63, 3.8) is 0 Å². The minimum absolute atomic E-state index is 0.0325. The Balaban J connectivity index is 2.43. The van der Waals surface area contributed by atoms with Crippen molar-refractivity contribution in [3.05, 3.63) is 54.2 Å². The second kappa shape index (κ2) is 5.39. The van der Waals surface area contributed by atoms with Crippen LogP contribution in [-0.2, 0) is 0 Å². The van der Waals surface area contributed by atoms with E-state index in [0.717, 1.165) is 11.3 Å². The van der Waals surface area contributed by atoms with Crippen LogP contribution in [0.25, 0.3) is 5.69 Å². The van der Waals surface area contributed by atoms with Crippen molar-refractivity contribution in [2.45, 2.75) is 6.92 Å². The molecule has 0 saturated carbocycles. The van der Waals surface area contributed by atoms with Gasteiger partial charge >= 0.3 is 5.97 Å². The number of hydrogen-bond acceptors (Lipinski definition) is 3. The number of nitrogens with zero attached hydrogens (tertiary/aromatic N) is 2. The molecular formula is C14H14N2O3. The van der Waals surface area contributed by atoms with Crippen LogP contribution in [-0.4, -0.2) is 27.5 Å². The summed E-state index contributed by atoms with van der Waals surface area (Å²) in [5, 5.41) is 13.2. The normalized spacial score (nSPS) is 10.2. The van der Waals surface area contributed by atoms with Gasteiger partial charge in [-0.05, 0) is 24.6 Å². The summed E-state index contributed by atoms with van der Waals surface area (Å²) in [5.41, 5.74) is 1.58. The predicted octanol–water partition coefficient (Wildman–Crippen LogP) is 2.53. The Kier molecular flexibility index (Phi) is 3.66. The number of aromatic nitrogens is 2. The molecular weight excluding hydrogens is 244 g/mol. The van der Waals surface area contributed by atoms with Crippen LogP contribution in [0.15, 0.2) is 48.7 Å². The fraction of sp³-hybridized carbons (Fsp3) is 0.143. The van der Waals surface area contributed by atoms with E-state index in [1.807, 2.05) is 37.3 Å². The van der Waals surface area contributed by atoms with Crippen molar-refractivity contribution in [2.24, 2.45) is 0 Å². The molecule has 0 atom stereocenters. The molecule has 5 nitrogen and oxygen atoms in total. The monoisotopic (exact) mass is 258 g/mol. The second-order valence-corrected chi connectivity index (χ2v) is 4.16. The molecule has 0 bridgehead atoms. The number of carboxylic acid groups (broad SMARTS) is 1. The molecule has 0 saturated heterocycles. The van der Waals surface area contributed by atoms with Crippen molar-refractivity contribution in [1.82, 2.24) is 9.78 Å². The zero-order valence-corrected chi connectivity index (χ0v) is 10.5. The molecule has 2 rings (SSSR count). The number of ether oxygens (including phenoxy) is 1. The Bertz CT molecular complexity index is 602. The smallest absolute Gasteiger partial charge is 0.342 e. The van der Waals surface area contributed by atoms with Crippen molar-refractivity contribution in [2.75, 3.05) is 6.61 Å². The Hall–Kier alpha value is -2.56. The maximum absolute atomic E-state index is 11.2. The van der Waals surface area contributed by atoms with E-state index in [0.29, 0.717) is 0 Å². The third-order valence-electron chi connectivity index (χ3n) is 2.41. The van der Waals surface area contributed by atoms with Gasteiger partial charge in [0.25, 0.3) is 0 Å². The molecule has 19 heavy (non-hydrogen) atoms. The zero-order chi connectivity index (χ0) is 13.8. The van der Waals surface area contributed by atoms with Gasteiger partial charge in [-0.2, -0.15) is 5.10 Å². The predicted molar refractivity (Wildman–Crippen MR) is 70.8 cm³/mol. The average molecular weight is 258 g/mol. The van der Waals surface area contributed by atoms with Crippen LogP contribution in [0.5, 0.6) is 5.88 Å². The highest BCUT2D eigenvalue weighted by molar-refractivity contribution is 5.90. The summed E-state index contributed by atoms with van der Waals surface area (Å²) in [6.45, 7) is 5.79. The van der Waals surface area contributed by atoms with E-state index in [9.17, 15) is 4.79 Å². The minimum Gasteiger partial charge on any atom is -0.477 e. The maximum Gasteiger partial charge on any atom is 0.342 e. The lowest BCUT2D eigenvalue weighted by atomic mass is 10.3. The number of aromatic carboxylic acids is 1. The van der Waals surface area contributed by atoms with E-state index < -0.39 is 5.97 Å². The van der Waals surface area contributed by atoms with Gasteiger partial charge in [-0.3, -0.25) is 0 Å². The largest absolute Gasteiger partial charge is 0.477 e. The standard InChI is InChI=1S/C14H14N2O3/c1-10(2)9-19-13-12(14(17)18)8-15-16(13)11-6-4-3-5-7-11/h3-8H,1,9H2,2H3,(H,17,18). The summed E-state index contributed by atoms with van der Waals surface area (Å²) >= 11 is 0. The molecule has 0 aliphatic carbocycles. The summed E-state index contributed by atoms with van der Waals surface area (Å²) < 4.78 is 6.97. The lowest BCUT2D eigenvalue weighted by Crippen LogP contribution is -2.08. The topological polar surface area (TPSA) is 64.3 Å². The van der Waals surface area contributed by atoms with Crippen LogP contribution in [0.3, 0.4) is 0 Å². The molecule has 0 aliphatic heterocycles. The number of hydrogen-bond donors (Lipinski definition) is 1. The summed E-state index contributed by atoms with van der Waals surface area (Å²) in [5.74, 6) is -0.861. The van der Waals surface area contributed by atoms with Gasteiger partial charge < -0.3 is 9.84 Å². The Morgan fingerprint density at radius 1 is 1.42 bits per heavy atom. The van der Waals surface area contributed by atoms with Gasteiger partial charge in [-0.1, -0.05) is 24.8 Å². The van der Waals surface area contributed by atoms with E-state index in [1.54, 1.807) is 0 Å². The summed E-state index contributed by atoms with van der Waals surface area (Å²) in [6, 6.07) is 9.22. The van der Waals surface area contributed by atoms with E-state index in [1.165, 1.54) is 10.9 Å². The van der Waals surface area contributed by atoms with Crippen molar-refractivity contribution < 1.29 is 14.6 Å². The second-order valence-electron chi connectivity index (χ2n) is 4.16. The van der Waals surface area contributed by atoms with Crippen molar-refractivity contribution in [3.8, 4) is 11.6 Å². The van der Waals surface area contributed by atoms with Crippen LogP contribution in [0.2, 0.25) is 0 Å². The van der Waals surface area contributed by atoms with Crippen LogP contribution in [0, 0.1) is 0 Å². The third kappa shape index (κ3) is 2.82. The van der Waals surface area contributed by atoms with E-state index in [4.69, 9.17) is 9.84 Å². The Morgan fingerprint density at radius 3 is 2.68 bits per heavy atom. The molecule has 0 amide bonds. The van der Waals surface area contributed by atoms with Crippen LogP contribution in [0.1, 0.15) is 17.3 Å². The molecule has 0 fully saturated rings. The van der Waals surface area contributed by atoms with Gasteiger partial charge in [0.2, 0.25) is 5.88 Å². The van der Waals surface area contributed by atoms with Gasteiger partial charge in [-0.25, -0.2) is 9.48 Å². The number of benzene rings is 1. The molecule has 5 heteroatoms. The van der Waals surface area contributed by atoms with E-state index >= 15 is 0 Å². The first-order valence-corrected chi connectivity index (χ1v) is 5.73. The molecule has 0 unspecified atom stereocenters. The van der Waals surface area contributed by atoms with Gasteiger partial charge in [0.15, 0.2) is 0 Å². The SMILES string of the molecule is C=C(C)COc1c(C(=O)O)cnn1-c1ccccc1. The summed E-state index contributed by atoms with van der Waals surface area (Å²) in [6.07, 6.45) is 1.28. The Labute approximate surface area is 110 Å². The number of para-hydroxylation sites is 1. The maximum atomic E-state index is 11.2. The van der Waals surface area contributed by atoms with Crippen LogP contribution < -0.4 is 4.74 Å². The number of carbonyl (C=O) groups is 1. The highest BCUT2D eigenvalue weighted by Crippen LogP contribution is 2.23.